The minimum atomic E-state index is -4.72. The van der Waals surface area contributed by atoms with Crippen molar-refractivity contribution >= 4 is 5.97 Å². The molecular weight excluding hydrogens is 363 g/mol. The van der Waals surface area contributed by atoms with Crippen LogP contribution in [0.2, 0.25) is 0 Å². The first-order valence-corrected chi connectivity index (χ1v) is 8.32. The van der Waals surface area contributed by atoms with Crippen molar-refractivity contribution in [2.75, 3.05) is 13.7 Å². The van der Waals surface area contributed by atoms with Gasteiger partial charge in [-0.3, -0.25) is 4.79 Å². The van der Waals surface area contributed by atoms with E-state index in [1.165, 1.54) is 13.3 Å². The van der Waals surface area contributed by atoms with E-state index in [1.54, 1.807) is 19.9 Å². The number of aromatic nitrogens is 2. The Morgan fingerprint density at radius 1 is 1.33 bits per heavy atom. The quantitative estimate of drug-likeness (QED) is 0.771. The molecule has 0 aliphatic carbocycles. The summed E-state index contributed by atoms with van der Waals surface area (Å²) in [5.74, 6) is -0.288. The van der Waals surface area contributed by atoms with Gasteiger partial charge in [0.05, 0.1) is 20.1 Å². The topological polar surface area (TPSA) is 79.4 Å². The monoisotopic (exact) mass is 385 g/mol. The lowest BCUT2D eigenvalue weighted by molar-refractivity contribution is -0.145. The van der Waals surface area contributed by atoms with E-state index in [9.17, 15) is 18.0 Å². The average molecular weight is 385 g/mol. The summed E-state index contributed by atoms with van der Waals surface area (Å²) in [6, 6.07) is 2.31. The highest BCUT2D eigenvalue weighted by atomic mass is 19.4. The third-order valence-electron chi connectivity index (χ3n) is 3.96. The number of methoxy groups -OCH3 is 1. The number of aryl methyl sites for hydroxylation is 2. The standard InChI is InChI=1S/C18H22F3N3O3/c1-5-27-15(25)8-13(22)12-9-24(23-17(12)18(19,20)21)16-11(3)6-10(2)7-14(16)26-4/h6-7,9,13H,5,8,22H2,1-4H3/t13-/m0/s1. The maximum atomic E-state index is 13.5. The minimum Gasteiger partial charge on any atom is -0.494 e. The maximum Gasteiger partial charge on any atom is 0.435 e. The van der Waals surface area contributed by atoms with Gasteiger partial charge in [0.15, 0.2) is 5.69 Å². The molecule has 0 radical (unpaired) electrons. The fourth-order valence-corrected chi connectivity index (χ4v) is 2.87. The molecule has 2 N–H and O–H groups in total. The smallest absolute Gasteiger partial charge is 0.435 e. The number of hydrogen-bond donors (Lipinski definition) is 1. The molecular formula is C18H22F3N3O3. The van der Waals surface area contributed by atoms with E-state index in [0.717, 1.165) is 10.2 Å². The van der Waals surface area contributed by atoms with Gasteiger partial charge in [-0.25, -0.2) is 4.68 Å². The Bertz CT molecular complexity index is 831. The number of alkyl halides is 3. The highest BCUT2D eigenvalue weighted by Crippen LogP contribution is 2.36. The van der Waals surface area contributed by atoms with Gasteiger partial charge >= 0.3 is 12.1 Å². The molecule has 1 aromatic carbocycles. The van der Waals surface area contributed by atoms with Crippen molar-refractivity contribution in [2.45, 2.75) is 39.4 Å². The Labute approximate surface area is 155 Å². The van der Waals surface area contributed by atoms with Crippen molar-refractivity contribution in [1.82, 2.24) is 9.78 Å². The number of halogens is 3. The van der Waals surface area contributed by atoms with E-state index in [-0.39, 0.29) is 18.6 Å². The van der Waals surface area contributed by atoms with Gasteiger partial charge in [0.2, 0.25) is 0 Å². The number of hydrogen-bond acceptors (Lipinski definition) is 5. The van der Waals surface area contributed by atoms with Crippen molar-refractivity contribution in [1.29, 1.82) is 0 Å². The highest BCUT2D eigenvalue weighted by molar-refractivity contribution is 5.70. The van der Waals surface area contributed by atoms with E-state index in [4.69, 9.17) is 15.2 Å². The first kappa shape index (κ1) is 20.8. The Morgan fingerprint density at radius 3 is 2.56 bits per heavy atom. The number of carbonyl (C=O) groups is 1. The molecule has 1 atom stereocenters. The van der Waals surface area contributed by atoms with Crippen molar-refractivity contribution in [3.63, 3.8) is 0 Å². The lowest BCUT2D eigenvalue weighted by Gasteiger charge is -2.13. The van der Waals surface area contributed by atoms with Crippen LogP contribution in [-0.2, 0) is 15.7 Å². The number of nitrogens with two attached hydrogens (primary N) is 1. The molecule has 0 saturated heterocycles. The molecule has 1 heterocycles. The third-order valence-corrected chi connectivity index (χ3v) is 3.96. The van der Waals surface area contributed by atoms with E-state index < -0.39 is 23.9 Å². The number of carbonyl (C=O) groups excluding carboxylic acids is 1. The van der Waals surface area contributed by atoms with Crippen molar-refractivity contribution in [3.05, 3.63) is 40.7 Å². The maximum absolute atomic E-state index is 13.5. The summed E-state index contributed by atoms with van der Waals surface area (Å²) in [5.41, 5.74) is 6.41. The van der Waals surface area contributed by atoms with Gasteiger partial charge in [-0.2, -0.15) is 18.3 Å². The van der Waals surface area contributed by atoms with Gasteiger partial charge in [0.25, 0.3) is 0 Å². The Morgan fingerprint density at radius 2 is 2.00 bits per heavy atom. The lowest BCUT2D eigenvalue weighted by Crippen LogP contribution is -2.20. The van der Waals surface area contributed by atoms with Crippen LogP contribution < -0.4 is 10.5 Å². The zero-order valence-electron chi connectivity index (χ0n) is 15.6. The van der Waals surface area contributed by atoms with Crippen LogP contribution in [0, 0.1) is 13.8 Å². The molecule has 0 spiro atoms. The molecule has 9 heteroatoms. The Hall–Kier alpha value is -2.55. The van der Waals surface area contributed by atoms with Crippen LogP contribution in [0.15, 0.2) is 18.3 Å². The van der Waals surface area contributed by atoms with E-state index in [0.29, 0.717) is 17.0 Å². The summed E-state index contributed by atoms with van der Waals surface area (Å²) in [6.07, 6.45) is -3.92. The second-order valence-electron chi connectivity index (χ2n) is 6.12. The first-order valence-electron chi connectivity index (χ1n) is 8.32. The fraction of sp³-hybridized carbons (Fsp3) is 0.444. The fourth-order valence-electron chi connectivity index (χ4n) is 2.87. The van der Waals surface area contributed by atoms with Crippen LogP contribution >= 0.6 is 0 Å². The third kappa shape index (κ3) is 4.60. The van der Waals surface area contributed by atoms with E-state index >= 15 is 0 Å². The largest absolute Gasteiger partial charge is 0.494 e. The van der Waals surface area contributed by atoms with Crippen LogP contribution in [0.4, 0.5) is 13.2 Å². The molecule has 2 aromatic rings. The molecule has 0 saturated carbocycles. The van der Waals surface area contributed by atoms with Crippen molar-refractivity contribution < 1.29 is 27.4 Å². The summed E-state index contributed by atoms with van der Waals surface area (Å²) in [4.78, 5) is 11.6. The summed E-state index contributed by atoms with van der Waals surface area (Å²) in [6.45, 7) is 5.33. The second-order valence-corrected chi connectivity index (χ2v) is 6.12. The molecule has 6 nitrogen and oxygen atoms in total. The second kappa shape index (κ2) is 7.99. The van der Waals surface area contributed by atoms with Crippen LogP contribution in [0.3, 0.4) is 0 Å². The summed E-state index contributed by atoms with van der Waals surface area (Å²) < 4.78 is 51.6. The van der Waals surface area contributed by atoms with Crippen LogP contribution in [0.1, 0.15) is 41.8 Å². The van der Waals surface area contributed by atoms with Gasteiger partial charge < -0.3 is 15.2 Å². The molecule has 1 aromatic heterocycles. The van der Waals surface area contributed by atoms with Crippen LogP contribution in [-0.4, -0.2) is 29.5 Å². The number of ether oxygens (including phenoxy) is 2. The summed E-state index contributed by atoms with van der Waals surface area (Å²) in [5, 5.41) is 3.70. The number of benzene rings is 1. The zero-order valence-corrected chi connectivity index (χ0v) is 15.6. The molecule has 0 unspecified atom stereocenters. The Balaban J connectivity index is 2.56. The lowest BCUT2D eigenvalue weighted by atomic mass is 10.1. The summed E-state index contributed by atoms with van der Waals surface area (Å²) in [7, 11) is 1.43. The number of nitrogens with zero attached hydrogens (tertiary/aromatic N) is 2. The molecule has 27 heavy (non-hydrogen) atoms. The molecule has 0 bridgehead atoms. The number of esters is 1. The van der Waals surface area contributed by atoms with Crippen LogP contribution in [0.5, 0.6) is 5.75 Å². The van der Waals surface area contributed by atoms with E-state index in [1.807, 2.05) is 13.0 Å². The van der Waals surface area contributed by atoms with Crippen molar-refractivity contribution in [2.24, 2.45) is 5.73 Å². The highest BCUT2D eigenvalue weighted by Gasteiger charge is 2.39. The molecule has 0 fully saturated rings. The molecule has 0 aliphatic rings. The predicted molar refractivity (Wildman–Crippen MR) is 92.8 cm³/mol. The van der Waals surface area contributed by atoms with Gasteiger partial charge in [-0.1, -0.05) is 6.07 Å². The molecule has 2 rings (SSSR count). The van der Waals surface area contributed by atoms with Crippen molar-refractivity contribution in [3.8, 4) is 11.4 Å². The van der Waals surface area contributed by atoms with E-state index in [2.05, 4.69) is 5.10 Å². The van der Waals surface area contributed by atoms with Gasteiger partial charge in [-0.05, 0) is 38.0 Å². The zero-order chi connectivity index (χ0) is 20.4. The molecule has 0 aliphatic heterocycles. The average Bonchev–Trinajstić information content (AvgIpc) is 2.99. The Kier molecular flexibility index (Phi) is 6.15. The van der Waals surface area contributed by atoms with Gasteiger partial charge in [-0.15, -0.1) is 0 Å². The molecule has 0 amide bonds. The normalized spacial score (nSPS) is 12.7. The SMILES string of the molecule is CCOC(=O)C[C@H](N)c1cn(-c2c(C)cc(C)cc2OC)nc1C(F)(F)F. The van der Waals surface area contributed by atoms with Gasteiger partial charge in [0.1, 0.15) is 11.4 Å². The van der Waals surface area contributed by atoms with Crippen LogP contribution in [0.25, 0.3) is 5.69 Å². The minimum absolute atomic E-state index is 0.122. The predicted octanol–water partition coefficient (Wildman–Crippen LogP) is 3.47. The summed E-state index contributed by atoms with van der Waals surface area (Å²) >= 11 is 0. The number of rotatable bonds is 6. The van der Waals surface area contributed by atoms with Gasteiger partial charge in [0, 0.05) is 17.8 Å². The molecule has 148 valence electrons. The first-order chi connectivity index (χ1) is 12.6.